The molecule has 2 N–H and O–H groups in total. The largest absolute Gasteiger partial charge is 0.399 e. The Balaban J connectivity index is 2.25. The van der Waals surface area contributed by atoms with Gasteiger partial charge < -0.3 is 10.5 Å². The fraction of sp³-hybridized carbons (Fsp3) is 0.571. The van der Waals surface area contributed by atoms with Crippen molar-refractivity contribution in [1.82, 2.24) is 4.31 Å². The topological polar surface area (TPSA) is 38.5 Å². The molecule has 1 aromatic carbocycles. The van der Waals surface area contributed by atoms with Gasteiger partial charge >= 0.3 is 0 Å². The molecule has 1 heterocycles. The van der Waals surface area contributed by atoms with E-state index in [1.165, 1.54) is 5.56 Å². The molecule has 1 saturated heterocycles. The van der Waals surface area contributed by atoms with E-state index >= 15 is 0 Å². The Bertz CT molecular complexity index is 424. The summed E-state index contributed by atoms with van der Waals surface area (Å²) in [5, 5.41) is 0. The van der Waals surface area contributed by atoms with E-state index in [9.17, 15) is 0 Å². The highest BCUT2D eigenvalue weighted by atomic mass is 32.2. The molecule has 1 aromatic rings. The first-order valence-corrected chi connectivity index (χ1v) is 6.98. The van der Waals surface area contributed by atoms with Gasteiger partial charge in [-0.3, -0.25) is 0 Å². The third-order valence-corrected chi connectivity index (χ3v) is 4.29. The zero-order valence-corrected chi connectivity index (χ0v) is 12.4. The number of hydrogen-bond donors (Lipinski definition) is 1. The minimum Gasteiger partial charge on any atom is -0.399 e. The van der Waals surface area contributed by atoms with E-state index < -0.39 is 0 Å². The van der Waals surface area contributed by atoms with Crippen LogP contribution in [0.3, 0.4) is 0 Å². The fourth-order valence-electron chi connectivity index (χ4n) is 2.15. The van der Waals surface area contributed by atoms with Crippen molar-refractivity contribution in [3.05, 3.63) is 29.8 Å². The quantitative estimate of drug-likeness (QED) is 0.674. The van der Waals surface area contributed by atoms with Gasteiger partial charge in [0, 0.05) is 10.4 Å². The Labute approximate surface area is 114 Å². The molecule has 1 aliphatic rings. The molecule has 2 rings (SSSR count). The molecule has 0 atom stereocenters. The van der Waals surface area contributed by atoms with E-state index in [0.717, 1.165) is 18.9 Å². The van der Waals surface area contributed by atoms with Crippen LogP contribution in [0.5, 0.6) is 0 Å². The average molecular weight is 266 g/mol. The predicted octanol–water partition coefficient (Wildman–Crippen LogP) is 2.87. The molecule has 0 saturated carbocycles. The molecule has 3 nitrogen and oxygen atoms in total. The van der Waals surface area contributed by atoms with E-state index in [-0.39, 0.29) is 10.3 Å². The van der Waals surface area contributed by atoms with E-state index in [1.807, 2.05) is 24.1 Å². The highest BCUT2D eigenvalue weighted by Crippen LogP contribution is 2.42. The number of nitrogens with two attached hydrogens (primary N) is 1. The summed E-state index contributed by atoms with van der Waals surface area (Å²) in [6.45, 7) is 8.13. The lowest BCUT2D eigenvalue weighted by Crippen LogP contribution is -2.56. The number of rotatable bonds is 3. The molecular weight excluding hydrogens is 244 g/mol. The maximum absolute atomic E-state index is 5.90. The summed E-state index contributed by atoms with van der Waals surface area (Å²) in [5.74, 6) is 0. The monoisotopic (exact) mass is 266 g/mol. The summed E-state index contributed by atoms with van der Waals surface area (Å²) in [6.07, 6.45) is 0. The van der Waals surface area contributed by atoms with Crippen molar-refractivity contribution in [1.29, 1.82) is 0 Å². The number of nitrogens with zero attached hydrogens (tertiary/aromatic N) is 1. The molecule has 0 aromatic heterocycles. The van der Waals surface area contributed by atoms with Gasteiger partial charge in [0.2, 0.25) is 0 Å². The van der Waals surface area contributed by atoms with Gasteiger partial charge in [-0.15, -0.1) is 0 Å². The Kier molecular flexibility index (Phi) is 3.63. The van der Waals surface area contributed by atoms with Crippen LogP contribution in [0.25, 0.3) is 0 Å². The normalized spacial score (nSPS) is 18.7. The molecule has 1 aliphatic heterocycles. The van der Waals surface area contributed by atoms with Crippen LogP contribution in [0.4, 0.5) is 5.69 Å². The highest BCUT2D eigenvalue weighted by molar-refractivity contribution is 7.98. The molecule has 4 heteroatoms. The lowest BCUT2D eigenvalue weighted by atomic mass is 9.88. The number of benzene rings is 1. The first-order valence-electron chi connectivity index (χ1n) is 6.20. The van der Waals surface area contributed by atoms with Gasteiger partial charge in [-0.1, -0.05) is 24.1 Å². The molecule has 1 fully saturated rings. The molecule has 0 radical (unpaired) electrons. The predicted molar refractivity (Wildman–Crippen MR) is 78.5 cm³/mol. The van der Waals surface area contributed by atoms with Gasteiger partial charge in [-0.25, -0.2) is 4.31 Å². The van der Waals surface area contributed by atoms with E-state index in [2.05, 4.69) is 44.3 Å². The summed E-state index contributed by atoms with van der Waals surface area (Å²) >= 11 is 1.85. The van der Waals surface area contributed by atoms with Crippen LogP contribution in [-0.4, -0.2) is 29.3 Å². The van der Waals surface area contributed by atoms with Crippen LogP contribution >= 0.6 is 11.9 Å². The first kappa shape index (κ1) is 13.7. The lowest BCUT2D eigenvalue weighted by molar-refractivity contribution is -0.107. The molecule has 0 spiro atoms. The van der Waals surface area contributed by atoms with Gasteiger partial charge in [0.05, 0.1) is 13.2 Å². The van der Waals surface area contributed by atoms with Gasteiger partial charge in [0.1, 0.15) is 5.54 Å². The van der Waals surface area contributed by atoms with Crippen molar-refractivity contribution < 1.29 is 4.74 Å². The van der Waals surface area contributed by atoms with E-state index in [4.69, 9.17) is 10.5 Å². The third kappa shape index (κ3) is 2.66. The molecule has 18 heavy (non-hydrogen) atoms. The molecule has 0 amide bonds. The zero-order valence-electron chi connectivity index (χ0n) is 11.6. The molecular formula is C14H22N2OS. The van der Waals surface area contributed by atoms with Crippen molar-refractivity contribution in [3.8, 4) is 0 Å². The van der Waals surface area contributed by atoms with Crippen molar-refractivity contribution in [2.75, 3.05) is 26.0 Å². The van der Waals surface area contributed by atoms with Crippen LogP contribution in [0, 0.1) is 0 Å². The third-order valence-electron chi connectivity index (χ3n) is 3.12. The van der Waals surface area contributed by atoms with Gasteiger partial charge in [0.25, 0.3) is 0 Å². The van der Waals surface area contributed by atoms with Gasteiger partial charge in [-0.05, 0) is 45.5 Å². The van der Waals surface area contributed by atoms with Gasteiger partial charge in [-0.2, -0.15) is 0 Å². The maximum Gasteiger partial charge on any atom is 0.102 e. The van der Waals surface area contributed by atoms with Crippen molar-refractivity contribution >= 4 is 17.6 Å². The van der Waals surface area contributed by atoms with Crippen LogP contribution in [-0.2, 0) is 10.3 Å². The van der Waals surface area contributed by atoms with Crippen LogP contribution in [0.2, 0.25) is 0 Å². The molecule has 0 bridgehead atoms. The highest BCUT2D eigenvalue weighted by Gasteiger charge is 2.45. The second kappa shape index (κ2) is 4.76. The van der Waals surface area contributed by atoms with Crippen molar-refractivity contribution in [2.24, 2.45) is 0 Å². The van der Waals surface area contributed by atoms with Crippen LogP contribution in [0.15, 0.2) is 24.3 Å². The second-order valence-corrected chi connectivity index (χ2v) is 7.81. The summed E-state index contributed by atoms with van der Waals surface area (Å²) in [5.41, 5.74) is 7.92. The lowest BCUT2D eigenvalue weighted by Gasteiger charge is -2.49. The zero-order chi connectivity index (χ0) is 13.4. The average Bonchev–Trinajstić information content (AvgIpc) is 2.12. The number of anilines is 1. The summed E-state index contributed by atoms with van der Waals surface area (Å²) in [4.78, 5) is 0. The Morgan fingerprint density at radius 2 is 2.00 bits per heavy atom. The smallest absolute Gasteiger partial charge is 0.102 e. The Hall–Kier alpha value is -0.710. The van der Waals surface area contributed by atoms with E-state index in [0.29, 0.717) is 0 Å². The molecule has 0 unspecified atom stereocenters. The number of hydrogen-bond acceptors (Lipinski definition) is 4. The van der Waals surface area contributed by atoms with Crippen molar-refractivity contribution in [3.63, 3.8) is 0 Å². The van der Waals surface area contributed by atoms with Crippen molar-refractivity contribution in [2.45, 2.75) is 31.1 Å². The van der Waals surface area contributed by atoms with E-state index in [1.54, 1.807) is 0 Å². The SMILES string of the molecule is CN(SC(C)(C)C)C1(c2cccc(N)c2)COC1. The Morgan fingerprint density at radius 3 is 2.44 bits per heavy atom. The summed E-state index contributed by atoms with van der Waals surface area (Å²) in [7, 11) is 2.14. The van der Waals surface area contributed by atoms with Crippen LogP contribution in [0.1, 0.15) is 26.3 Å². The number of likely N-dealkylation sites (N-methyl/N-ethyl adjacent to an activating group) is 1. The molecule has 100 valence electrons. The molecule has 0 aliphatic carbocycles. The minimum absolute atomic E-state index is 0.0344. The number of ether oxygens (including phenoxy) is 1. The summed E-state index contributed by atoms with van der Waals surface area (Å²) in [6, 6.07) is 8.13. The summed E-state index contributed by atoms with van der Waals surface area (Å²) < 4.78 is 7.99. The fourth-order valence-corrected chi connectivity index (χ4v) is 3.36. The van der Waals surface area contributed by atoms with Gasteiger partial charge in [0.15, 0.2) is 0 Å². The second-order valence-electron chi connectivity index (χ2n) is 5.85. The Morgan fingerprint density at radius 1 is 1.33 bits per heavy atom. The minimum atomic E-state index is -0.0344. The van der Waals surface area contributed by atoms with Crippen LogP contribution < -0.4 is 5.73 Å². The maximum atomic E-state index is 5.90. The number of nitrogen functional groups attached to an aromatic ring is 1. The standard InChI is InChI=1S/C14H22N2OS/c1-13(2,3)18-16(4)14(9-17-10-14)11-6-5-7-12(15)8-11/h5-8H,9-10,15H2,1-4H3. The first-order chi connectivity index (χ1) is 8.33.